The second-order valence-corrected chi connectivity index (χ2v) is 9.54. The minimum Gasteiger partial charge on any atom is -0.464 e. The Bertz CT molecular complexity index is 892. The normalized spacial score (nSPS) is 19.3. The quantitative estimate of drug-likeness (QED) is 0.603. The zero-order chi connectivity index (χ0) is 21.2. The van der Waals surface area contributed by atoms with E-state index in [0.717, 1.165) is 11.1 Å². The van der Waals surface area contributed by atoms with Crippen molar-refractivity contribution in [2.24, 2.45) is 0 Å². The molecule has 0 N–H and O–H groups in total. The Hall–Kier alpha value is -1.98. The van der Waals surface area contributed by atoms with E-state index in [9.17, 15) is 9.59 Å². The summed E-state index contributed by atoms with van der Waals surface area (Å²) in [5.74, 6) is -0.103. The first-order valence-corrected chi connectivity index (χ1v) is 11.1. The molecule has 1 saturated heterocycles. The first-order chi connectivity index (χ1) is 13.7. The van der Waals surface area contributed by atoms with Gasteiger partial charge >= 0.3 is 5.97 Å². The summed E-state index contributed by atoms with van der Waals surface area (Å²) < 4.78 is 5.24. The van der Waals surface area contributed by atoms with Crippen LogP contribution in [0.5, 0.6) is 0 Å². The molecule has 2 unspecified atom stereocenters. The minimum atomic E-state index is -0.643. The molecular formula is C23H26ClNO3S. The Morgan fingerprint density at radius 3 is 2.38 bits per heavy atom. The standard InChI is InChI=1S/C23H26ClNO3S/c1-5-28-22(27)19-14-29-21(17-8-6-7-9-18(17)24)25(19)20(26)15-10-12-16(13-11-15)23(2,3)4/h6-13,19,21H,5,14H2,1-4H3. The second-order valence-electron chi connectivity index (χ2n) is 8.01. The molecule has 4 nitrogen and oxygen atoms in total. The van der Waals surface area contributed by atoms with E-state index in [1.807, 2.05) is 42.5 Å². The van der Waals surface area contributed by atoms with Crippen molar-refractivity contribution in [1.82, 2.24) is 4.90 Å². The lowest BCUT2D eigenvalue weighted by molar-refractivity contribution is -0.147. The lowest BCUT2D eigenvalue weighted by atomic mass is 9.86. The van der Waals surface area contributed by atoms with Crippen molar-refractivity contribution in [1.29, 1.82) is 0 Å². The third kappa shape index (κ3) is 4.62. The molecule has 2 atom stereocenters. The topological polar surface area (TPSA) is 46.6 Å². The average Bonchev–Trinajstić information content (AvgIpc) is 3.12. The molecule has 0 aromatic heterocycles. The van der Waals surface area contributed by atoms with Gasteiger partial charge in [0.25, 0.3) is 5.91 Å². The van der Waals surface area contributed by atoms with Gasteiger partial charge in [0.05, 0.1) is 6.61 Å². The maximum Gasteiger partial charge on any atom is 0.329 e. The van der Waals surface area contributed by atoms with Gasteiger partial charge < -0.3 is 9.64 Å². The van der Waals surface area contributed by atoms with Crippen molar-refractivity contribution >= 4 is 35.2 Å². The van der Waals surface area contributed by atoms with Gasteiger partial charge in [0.2, 0.25) is 0 Å². The minimum absolute atomic E-state index is 0.00135. The summed E-state index contributed by atoms with van der Waals surface area (Å²) in [5, 5.41) is 0.239. The van der Waals surface area contributed by atoms with Gasteiger partial charge in [-0.15, -0.1) is 11.8 Å². The molecule has 1 aliphatic rings. The predicted octanol–water partition coefficient (Wildman–Crippen LogP) is 5.46. The number of benzene rings is 2. The molecule has 0 bridgehead atoms. The highest BCUT2D eigenvalue weighted by atomic mass is 35.5. The van der Waals surface area contributed by atoms with Gasteiger partial charge in [0.15, 0.2) is 0 Å². The number of carbonyl (C=O) groups is 2. The fourth-order valence-corrected chi connectivity index (χ4v) is 5.10. The van der Waals surface area contributed by atoms with E-state index in [2.05, 4.69) is 20.8 Å². The fourth-order valence-electron chi connectivity index (χ4n) is 3.35. The molecule has 2 aromatic rings. The molecule has 6 heteroatoms. The highest BCUT2D eigenvalue weighted by Gasteiger charge is 2.44. The van der Waals surface area contributed by atoms with Crippen LogP contribution >= 0.6 is 23.4 Å². The molecule has 154 valence electrons. The molecule has 0 aliphatic carbocycles. The fraction of sp³-hybridized carbons (Fsp3) is 0.391. The van der Waals surface area contributed by atoms with Crippen molar-refractivity contribution in [2.45, 2.75) is 44.5 Å². The largest absolute Gasteiger partial charge is 0.464 e. The number of rotatable bonds is 4. The van der Waals surface area contributed by atoms with Gasteiger partial charge in [0, 0.05) is 21.9 Å². The number of ether oxygens (including phenoxy) is 1. The van der Waals surface area contributed by atoms with Crippen molar-refractivity contribution in [3.05, 3.63) is 70.2 Å². The van der Waals surface area contributed by atoms with Crippen LogP contribution in [-0.4, -0.2) is 35.2 Å². The molecule has 1 amide bonds. The maximum absolute atomic E-state index is 13.5. The molecule has 0 saturated carbocycles. The number of carbonyl (C=O) groups excluding carboxylic acids is 2. The van der Waals surface area contributed by atoms with Crippen molar-refractivity contribution in [3.8, 4) is 0 Å². The number of esters is 1. The summed E-state index contributed by atoms with van der Waals surface area (Å²) in [5.41, 5.74) is 2.52. The highest BCUT2D eigenvalue weighted by molar-refractivity contribution is 7.99. The molecular weight excluding hydrogens is 406 g/mol. The molecule has 1 heterocycles. The van der Waals surface area contributed by atoms with Crippen molar-refractivity contribution in [3.63, 3.8) is 0 Å². The average molecular weight is 432 g/mol. The summed E-state index contributed by atoms with van der Waals surface area (Å²) in [4.78, 5) is 27.7. The van der Waals surface area contributed by atoms with Crippen LogP contribution in [0, 0.1) is 0 Å². The zero-order valence-electron chi connectivity index (χ0n) is 17.1. The highest BCUT2D eigenvalue weighted by Crippen LogP contribution is 2.44. The van der Waals surface area contributed by atoms with E-state index in [4.69, 9.17) is 16.3 Å². The number of halogens is 1. The van der Waals surface area contributed by atoms with Gasteiger partial charge in [-0.1, -0.05) is 62.7 Å². The first-order valence-electron chi connectivity index (χ1n) is 9.70. The summed E-state index contributed by atoms with van der Waals surface area (Å²) in [7, 11) is 0. The molecule has 1 aliphatic heterocycles. The first kappa shape index (κ1) is 21.7. The lowest BCUT2D eigenvalue weighted by Crippen LogP contribution is -2.44. The van der Waals surface area contributed by atoms with Gasteiger partial charge in [0.1, 0.15) is 11.4 Å². The van der Waals surface area contributed by atoms with Gasteiger partial charge in [-0.3, -0.25) is 4.79 Å². The lowest BCUT2D eigenvalue weighted by Gasteiger charge is -2.29. The van der Waals surface area contributed by atoms with Crippen molar-refractivity contribution in [2.75, 3.05) is 12.4 Å². The SMILES string of the molecule is CCOC(=O)C1CSC(c2ccccc2Cl)N1C(=O)c1ccc(C(C)(C)C)cc1. The van der Waals surface area contributed by atoms with Crippen LogP contribution in [0.1, 0.15) is 54.6 Å². The summed E-state index contributed by atoms with van der Waals surface area (Å²) >= 11 is 7.94. The molecule has 1 fully saturated rings. The Morgan fingerprint density at radius 2 is 1.79 bits per heavy atom. The Balaban J connectivity index is 1.97. The van der Waals surface area contributed by atoms with Crippen LogP contribution in [0.3, 0.4) is 0 Å². The smallest absolute Gasteiger partial charge is 0.329 e. The van der Waals surface area contributed by atoms with Gasteiger partial charge in [-0.2, -0.15) is 0 Å². The summed E-state index contributed by atoms with van der Waals surface area (Å²) in [6.07, 6.45) is 0. The Kier molecular flexibility index (Phi) is 6.59. The van der Waals surface area contributed by atoms with Crippen LogP contribution < -0.4 is 0 Å². The Labute approximate surface area is 181 Å². The maximum atomic E-state index is 13.5. The predicted molar refractivity (Wildman–Crippen MR) is 118 cm³/mol. The number of hydrogen-bond acceptors (Lipinski definition) is 4. The van der Waals surface area contributed by atoms with Crippen LogP contribution in [0.25, 0.3) is 0 Å². The molecule has 2 aromatic carbocycles. The molecule has 0 radical (unpaired) electrons. The molecule has 3 rings (SSSR count). The van der Waals surface area contributed by atoms with E-state index in [0.29, 0.717) is 16.3 Å². The van der Waals surface area contributed by atoms with E-state index < -0.39 is 6.04 Å². The number of nitrogens with zero attached hydrogens (tertiary/aromatic N) is 1. The third-order valence-corrected chi connectivity index (χ3v) is 6.61. The van der Waals surface area contributed by atoms with Gasteiger partial charge in [-0.05, 0) is 36.1 Å². The van der Waals surface area contributed by atoms with E-state index in [1.165, 1.54) is 11.8 Å². The number of amides is 1. The van der Waals surface area contributed by atoms with E-state index in [-0.39, 0.29) is 29.3 Å². The molecule has 0 spiro atoms. The number of hydrogen-bond donors (Lipinski definition) is 0. The van der Waals surface area contributed by atoms with Crippen LogP contribution in [0.15, 0.2) is 48.5 Å². The van der Waals surface area contributed by atoms with Gasteiger partial charge in [-0.25, -0.2) is 4.79 Å². The summed E-state index contributed by atoms with van der Waals surface area (Å²) in [6, 6.07) is 14.4. The van der Waals surface area contributed by atoms with E-state index >= 15 is 0 Å². The second kappa shape index (κ2) is 8.80. The third-order valence-electron chi connectivity index (χ3n) is 4.96. The Morgan fingerprint density at radius 1 is 1.14 bits per heavy atom. The molecule has 29 heavy (non-hydrogen) atoms. The summed E-state index contributed by atoms with van der Waals surface area (Å²) in [6.45, 7) is 8.43. The number of thioether (sulfide) groups is 1. The van der Waals surface area contributed by atoms with Crippen molar-refractivity contribution < 1.29 is 14.3 Å². The monoisotopic (exact) mass is 431 g/mol. The zero-order valence-corrected chi connectivity index (χ0v) is 18.7. The van der Waals surface area contributed by atoms with Crippen LogP contribution in [0.2, 0.25) is 5.02 Å². The van der Waals surface area contributed by atoms with E-state index in [1.54, 1.807) is 17.9 Å². The van der Waals surface area contributed by atoms with Crippen LogP contribution in [-0.2, 0) is 14.9 Å². The van der Waals surface area contributed by atoms with Crippen LogP contribution in [0.4, 0.5) is 0 Å².